The first-order valence-electron chi connectivity index (χ1n) is 16.8. The summed E-state index contributed by atoms with van der Waals surface area (Å²) >= 11 is 7.00. The molecule has 4 atom stereocenters. The fourth-order valence-corrected chi connectivity index (χ4v) is 10.1. The molecular formula is C32H38Br2N12O2. The molecule has 4 aromatic rings. The molecule has 14 nitrogen and oxygen atoms in total. The van der Waals surface area contributed by atoms with E-state index in [1.165, 1.54) is 25.7 Å². The van der Waals surface area contributed by atoms with Gasteiger partial charge in [0.2, 0.25) is 11.8 Å². The van der Waals surface area contributed by atoms with Crippen LogP contribution in [0, 0.1) is 0 Å². The van der Waals surface area contributed by atoms with Gasteiger partial charge in [0, 0.05) is 72.9 Å². The second-order valence-corrected chi connectivity index (χ2v) is 15.8. The first-order chi connectivity index (χ1) is 23.2. The number of nitrogen functional groups attached to an aromatic ring is 2. The summed E-state index contributed by atoms with van der Waals surface area (Å²) in [5, 5.41) is 6.94. The van der Waals surface area contributed by atoms with E-state index in [0.717, 1.165) is 70.7 Å². The highest BCUT2D eigenvalue weighted by molar-refractivity contribution is 9.10. The first kappa shape index (κ1) is 30.7. The second-order valence-electron chi connectivity index (χ2n) is 14.3. The van der Waals surface area contributed by atoms with Gasteiger partial charge >= 0.3 is 0 Å². The lowest BCUT2D eigenvalue weighted by molar-refractivity contribution is -0.140. The molecule has 6 fully saturated rings. The number of hydrogen-bond donors (Lipinski definition) is 4. The number of carbonyl (C=O) groups is 2. The van der Waals surface area contributed by atoms with Gasteiger partial charge < -0.3 is 31.9 Å². The zero-order valence-corrected chi connectivity index (χ0v) is 29.6. The number of aromatic nitrogens is 6. The predicted molar refractivity (Wildman–Crippen MR) is 185 cm³/mol. The van der Waals surface area contributed by atoms with Crippen molar-refractivity contribution >= 4 is 66.3 Å². The van der Waals surface area contributed by atoms with Crippen molar-refractivity contribution in [3.63, 3.8) is 0 Å². The third kappa shape index (κ3) is 4.76. The molecule has 4 saturated heterocycles. The normalized spacial score (nSPS) is 28.4. The predicted octanol–water partition coefficient (Wildman–Crippen LogP) is 2.57. The molecule has 8 heterocycles. The van der Waals surface area contributed by atoms with Gasteiger partial charge in [0.15, 0.2) is 11.6 Å². The number of anilines is 2. The lowest BCUT2D eigenvalue weighted by Crippen LogP contribution is -2.64. The highest BCUT2D eigenvalue weighted by atomic mass is 79.9. The zero-order chi connectivity index (χ0) is 32.9. The molecule has 6 aliphatic rings. The van der Waals surface area contributed by atoms with Crippen LogP contribution in [0.4, 0.5) is 11.6 Å². The van der Waals surface area contributed by atoms with E-state index in [1.807, 2.05) is 21.2 Å². The second kappa shape index (κ2) is 11.1. The van der Waals surface area contributed by atoms with Crippen LogP contribution in [-0.4, -0.2) is 99.7 Å². The van der Waals surface area contributed by atoms with Gasteiger partial charge in [-0.25, -0.2) is 19.9 Å². The van der Waals surface area contributed by atoms with Crippen molar-refractivity contribution in [3.05, 3.63) is 45.6 Å². The minimum absolute atomic E-state index is 0.197. The monoisotopic (exact) mass is 780 g/mol. The first-order valence-corrected chi connectivity index (χ1v) is 18.4. The highest BCUT2D eigenvalue weighted by Crippen LogP contribution is 2.49. The number of imidazole rings is 2. The molecule has 6 N–H and O–H groups in total. The fourth-order valence-electron chi connectivity index (χ4n) is 8.96. The van der Waals surface area contributed by atoms with Crippen LogP contribution in [0.3, 0.4) is 0 Å². The Kier molecular flexibility index (Phi) is 7.09. The van der Waals surface area contributed by atoms with Gasteiger partial charge in [-0.05, 0) is 83.2 Å². The molecule has 0 aromatic carbocycles. The minimum atomic E-state index is 0.197. The summed E-state index contributed by atoms with van der Waals surface area (Å²) < 4.78 is 5.46. The van der Waals surface area contributed by atoms with E-state index < -0.39 is 0 Å². The average molecular weight is 783 g/mol. The third-order valence-corrected chi connectivity index (χ3v) is 12.8. The van der Waals surface area contributed by atoms with Gasteiger partial charge in [-0.15, -0.1) is 0 Å². The third-order valence-electron chi connectivity index (χ3n) is 11.7. The minimum Gasteiger partial charge on any atom is -0.382 e. The fraction of sp³-hybridized carbons (Fsp3) is 0.562. The Morgan fingerprint density at radius 2 is 1.10 bits per heavy atom. The summed E-state index contributed by atoms with van der Waals surface area (Å²) in [5.74, 6) is 3.71. The smallest absolute Gasteiger partial charge is 0.236 e. The Bertz CT molecular complexity index is 1830. The van der Waals surface area contributed by atoms with Crippen molar-refractivity contribution in [1.29, 1.82) is 0 Å². The van der Waals surface area contributed by atoms with Crippen LogP contribution in [0.1, 0.15) is 74.9 Å². The number of halogens is 2. The van der Waals surface area contributed by atoms with Crippen LogP contribution < -0.4 is 22.1 Å². The lowest BCUT2D eigenvalue weighted by atomic mass is 9.85. The van der Waals surface area contributed by atoms with Gasteiger partial charge in [0.1, 0.15) is 31.9 Å². The van der Waals surface area contributed by atoms with Gasteiger partial charge in [-0.3, -0.25) is 18.4 Å². The molecule has 48 heavy (non-hydrogen) atoms. The maximum atomic E-state index is 12.4. The summed E-state index contributed by atoms with van der Waals surface area (Å²) in [6, 6.07) is 0.688. The van der Waals surface area contributed by atoms with E-state index >= 15 is 0 Å². The standard InChI is InChI=1S/2C16H19BrN6O/c2*17-13-12-14(18)19-5-6-22(12)15(21-13)9-1-2-10-16(3-4-16)20-7-11(24)23(10)8-9/h2*5-6,9-10,20H,1-4,7-8H2,(H2,18,19). The molecule has 4 aromatic heterocycles. The lowest BCUT2D eigenvalue weighted by Gasteiger charge is -2.47. The van der Waals surface area contributed by atoms with Crippen molar-refractivity contribution in [2.24, 2.45) is 0 Å². The average Bonchev–Trinajstić information content (AvgIpc) is 3.99. The number of amides is 2. The molecule has 2 spiro atoms. The maximum absolute atomic E-state index is 12.4. The van der Waals surface area contributed by atoms with Crippen LogP contribution >= 0.6 is 31.9 Å². The number of rotatable bonds is 2. The van der Waals surface area contributed by atoms with E-state index in [2.05, 4.69) is 62.3 Å². The number of carbonyl (C=O) groups excluding carboxylic acids is 2. The van der Waals surface area contributed by atoms with Gasteiger partial charge in [-0.2, -0.15) is 0 Å². The van der Waals surface area contributed by atoms with Crippen molar-refractivity contribution in [3.8, 4) is 0 Å². The number of fused-ring (bicyclic) bond motifs is 6. The van der Waals surface area contributed by atoms with E-state index in [9.17, 15) is 9.59 Å². The highest BCUT2D eigenvalue weighted by Gasteiger charge is 2.57. The molecule has 252 valence electrons. The Morgan fingerprint density at radius 1 is 0.688 bits per heavy atom. The van der Waals surface area contributed by atoms with Crippen LogP contribution in [0.5, 0.6) is 0 Å². The zero-order valence-electron chi connectivity index (χ0n) is 26.4. The van der Waals surface area contributed by atoms with Crippen molar-refractivity contribution < 1.29 is 9.59 Å². The Morgan fingerprint density at radius 3 is 1.50 bits per heavy atom. The van der Waals surface area contributed by atoms with Crippen LogP contribution in [0.15, 0.2) is 34.0 Å². The van der Waals surface area contributed by atoms with E-state index in [0.29, 0.717) is 36.8 Å². The Hall–Kier alpha value is -3.34. The van der Waals surface area contributed by atoms with E-state index in [4.69, 9.17) is 21.4 Å². The number of hydrogen-bond acceptors (Lipinski definition) is 10. The molecule has 0 radical (unpaired) electrons. The quantitative estimate of drug-likeness (QED) is 0.237. The van der Waals surface area contributed by atoms with Crippen molar-refractivity contribution in [2.45, 2.75) is 86.4 Å². The molecule has 0 bridgehead atoms. The summed E-state index contributed by atoms with van der Waals surface area (Å²) in [5.41, 5.74) is 14.0. The largest absolute Gasteiger partial charge is 0.382 e. The van der Waals surface area contributed by atoms with E-state index in [-0.39, 0.29) is 34.7 Å². The van der Waals surface area contributed by atoms with Crippen LogP contribution in [-0.2, 0) is 9.59 Å². The van der Waals surface area contributed by atoms with Crippen LogP contribution in [0.2, 0.25) is 0 Å². The Labute approximate surface area is 293 Å². The summed E-state index contributed by atoms with van der Waals surface area (Å²) in [6.07, 6.45) is 16.0. The van der Waals surface area contributed by atoms with Crippen LogP contribution in [0.25, 0.3) is 11.0 Å². The number of nitrogens with one attached hydrogen (secondary N) is 2. The Balaban J connectivity index is 0.000000131. The maximum Gasteiger partial charge on any atom is 0.236 e. The van der Waals surface area contributed by atoms with Gasteiger partial charge in [0.25, 0.3) is 0 Å². The summed E-state index contributed by atoms with van der Waals surface area (Å²) in [4.78, 5) is 46.8. The molecule has 10 rings (SSSR count). The van der Waals surface area contributed by atoms with Crippen molar-refractivity contribution in [2.75, 3.05) is 37.6 Å². The molecule has 2 aliphatic carbocycles. The molecule has 2 saturated carbocycles. The molecule has 16 heteroatoms. The number of piperidine rings is 2. The molecule has 4 aliphatic heterocycles. The summed E-state index contributed by atoms with van der Waals surface area (Å²) in [6.45, 7) is 2.40. The van der Waals surface area contributed by atoms with Crippen molar-refractivity contribution in [1.82, 2.24) is 49.2 Å². The summed E-state index contributed by atoms with van der Waals surface area (Å²) in [7, 11) is 0. The number of piperazine rings is 2. The number of nitrogens with two attached hydrogens (primary N) is 2. The van der Waals surface area contributed by atoms with Gasteiger partial charge in [0.05, 0.1) is 13.1 Å². The van der Waals surface area contributed by atoms with E-state index in [1.54, 1.807) is 12.4 Å². The molecule has 4 unspecified atom stereocenters. The molecular weight excluding hydrogens is 744 g/mol. The SMILES string of the molecule is Nc1nccn2c(C3CCC4N(C3)C(=O)CNC43CC3)nc(Br)c12.Nc1nccn2c(C3CCC4N(C3)C(=O)CNC43CC3)nc(Br)c12. The molecule has 2 amide bonds. The number of nitrogens with zero attached hydrogens (tertiary/aromatic N) is 8. The topological polar surface area (TPSA) is 177 Å². The van der Waals surface area contributed by atoms with Gasteiger partial charge in [-0.1, -0.05) is 0 Å².